The van der Waals surface area contributed by atoms with Crippen molar-refractivity contribution < 1.29 is 39.5 Å². The lowest BCUT2D eigenvalue weighted by Gasteiger charge is -2.19. The number of carbonyl (C=O) groups is 2. The highest BCUT2D eigenvalue weighted by molar-refractivity contribution is 5.71. The summed E-state index contributed by atoms with van der Waals surface area (Å²) in [6, 6.07) is 0. The van der Waals surface area contributed by atoms with Crippen molar-refractivity contribution in [2.75, 3.05) is 13.2 Å². The quantitative estimate of drug-likeness (QED) is 0.0340. The van der Waals surface area contributed by atoms with Crippen LogP contribution in [0.1, 0.15) is 162 Å². The van der Waals surface area contributed by atoms with Crippen LogP contribution in [-0.2, 0) is 19.1 Å². The van der Waals surface area contributed by atoms with Crippen LogP contribution in [0, 0.1) is 17.8 Å². The van der Waals surface area contributed by atoms with Gasteiger partial charge in [-0.3, -0.25) is 9.59 Å². The van der Waals surface area contributed by atoms with Crippen molar-refractivity contribution in [1.82, 2.24) is 0 Å². The van der Waals surface area contributed by atoms with Gasteiger partial charge in [0.25, 0.3) is 0 Å². The Morgan fingerprint density at radius 3 is 1.83 bits per heavy atom. The topological polar surface area (TPSA) is 134 Å². The Morgan fingerprint density at radius 2 is 1.25 bits per heavy atom. The predicted molar refractivity (Wildman–Crippen MR) is 193 cm³/mol. The van der Waals surface area contributed by atoms with Crippen LogP contribution in [0.5, 0.6) is 0 Å². The molecule has 0 bridgehead atoms. The molecule has 1 fully saturated rings. The molecule has 0 spiro atoms. The summed E-state index contributed by atoms with van der Waals surface area (Å²) < 4.78 is 10.2. The van der Waals surface area contributed by atoms with E-state index in [1.165, 1.54) is 70.6 Å². The molecular weight excluding hydrogens is 608 g/mol. The predicted octanol–water partition coefficient (Wildman–Crippen LogP) is 8.13. The van der Waals surface area contributed by atoms with E-state index in [-0.39, 0.29) is 43.9 Å². The van der Waals surface area contributed by atoms with E-state index in [1.807, 2.05) is 6.08 Å². The summed E-state index contributed by atoms with van der Waals surface area (Å²) in [5.41, 5.74) is 0. The summed E-state index contributed by atoms with van der Waals surface area (Å²) in [6.45, 7) is 6.26. The molecule has 1 aliphatic carbocycles. The Balaban J connectivity index is 2.06. The molecule has 0 aromatic heterocycles. The SMILES string of the molecule is CCCCC[C@@H](O)/C=C/[C@@H]1[C@H](C/C=C\CC(=O)OC[C@@H](O)COC(=O)CCCCCCCCCCCCCCCC(C)C)[C@@H](O)C[C@H]1O. The molecule has 1 rings (SSSR count). The molecule has 4 N–H and O–H groups in total. The third kappa shape index (κ3) is 23.6. The maximum atomic E-state index is 12.1. The first-order valence-electron chi connectivity index (χ1n) is 19.5. The number of aliphatic hydroxyl groups is 4. The molecule has 6 atom stereocenters. The van der Waals surface area contributed by atoms with Crippen LogP contribution in [0.2, 0.25) is 0 Å². The normalized spacial score (nSPS) is 21.0. The molecule has 1 aliphatic rings. The van der Waals surface area contributed by atoms with Gasteiger partial charge in [-0.1, -0.05) is 148 Å². The van der Waals surface area contributed by atoms with E-state index in [0.717, 1.165) is 44.4 Å². The van der Waals surface area contributed by atoms with Crippen LogP contribution in [0.25, 0.3) is 0 Å². The number of unbranched alkanes of at least 4 members (excludes halogenated alkanes) is 14. The van der Waals surface area contributed by atoms with E-state index in [9.17, 15) is 30.0 Å². The van der Waals surface area contributed by atoms with E-state index in [1.54, 1.807) is 18.2 Å². The summed E-state index contributed by atoms with van der Waals surface area (Å²) in [6.07, 6.45) is 26.5. The lowest BCUT2D eigenvalue weighted by atomic mass is 9.89. The van der Waals surface area contributed by atoms with E-state index >= 15 is 0 Å². The summed E-state index contributed by atoms with van der Waals surface area (Å²) in [4.78, 5) is 24.1. The number of carbonyl (C=O) groups excluding carboxylic acids is 2. The highest BCUT2D eigenvalue weighted by Crippen LogP contribution is 2.36. The van der Waals surface area contributed by atoms with Crippen LogP contribution in [0.4, 0.5) is 0 Å². The minimum Gasteiger partial charge on any atom is -0.463 e. The molecule has 0 radical (unpaired) electrons. The van der Waals surface area contributed by atoms with E-state index < -0.39 is 30.4 Å². The average Bonchev–Trinajstić information content (AvgIpc) is 3.32. The fourth-order valence-electron chi connectivity index (χ4n) is 6.42. The maximum Gasteiger partial charge on any atom is 0.309 e. The van der Waals surface area contributed by atoms with Crippen molar-refractivity contribution in [2.24, 2.45) is 17.8 Å². The van der Waals surface area contributed by atoms with Crippen molar-refractivity contribution in [1.29, 1.82) is 0 Å². The van der Waals surface area contributed by atoms with Gasteiger partial charge in [0.1, 0.15) is 19.3 Å². The zero-order chi connectivity index (χ0) is 35.4. The van der Waals surface area contributed by atoms with Crippen molar-refractivity contribution in [2.45, 2.75) is 186 Å². The van der Waals surface area contributed by atoms with Gasteiger partial charge < -0.3 is 29.9 Å². The number of esters is 2. The van der Waals surface area contributed by atoms with Gasteiger partial charge in [-0.15, -0.1) is 0 Å². The van der Waals surface area contributed by atoms with Crippen LogP contribution in [0.15, 0.2) is 24.3 Å². The first-order valence-corrected chi connectivity index (χ1v) is 19.5. The van der Waals surface area contributed by atoms with Crippen molar-refractivity contribution >= 4 is 11.9 Å². The second kappa shape index (κ2) is 29.0. The van der Waals surface area contributed by atoms with Gasteiger partial charge in [0.2, 0.25) is 0 Å². The third-order valence-corrected chi connectivity index (χ3v) is 9.47. The Bertz CT molecular complexity index is 856. The zero-order valence-corrected chi connectivity index (χ0v) is 30.7. The van der Waals surface area contributed by atoms with E-state index in [0.29, 0.717) is 19.3 Å². The van der Waals surface area contributed by atoms with Crippen molar-refractivity contribution in [3.8, 4) is 0 Å². The number of hydrogen-bond acceptors (Lipinski definition) is 8. The molecule has 280 valence electrons. The third-order valence-electron chi connectivity index (χ3n) is 9.47. The van der Waals surface area contributed by atoms with Gasteiger partial charge >= 0.3 is 11.9 Å². The lowest BCUT2D eigenvalue weighted by molar-refractivity contribution is -0.151. The van der Waals surface area contributed by atoms with Gasteiger partial charge in [0.15, 0.2) is 0 Å². The first kappa shape index (κ1) is 44.3. The van der Waals surface area contributed by atoms with E-state index in [2.05, 4.69) is 20.8 Å². The maximum absolute atomic E-state index is 12.1. The number of ether oxygens (including phenoxy) is 2. The van der Waals surface area contributed by atoms with Gasteiger partial charge in [-0.25, -0.2) is 0 Å². The molecular formula is C40H72O8. The Kier molecular flexibility index (Phi) is 26.8. The minimum atomic E-state index is -1.08. The van der Waals surface area contributed by atoms with Crippen LogP contribution in [-0.4, -0.2) is 70.0 Å². The molecule has 1 saturated carbocycles. The second-order valence-electron chi connectivity index (χ2n) is 14.5. The molecule has 0 heterocycles. The van der Waals surface area contributed by atoms with E-state index in [4.69, 9.17) is 9.47 Å². The number of hydrogen-bond donors (Lipinski definition) is 4. The fraction of sp³-hybridized carbons (Fsp3) is 0.850. The summed E-state index contributed by atoms with van der Waals surface area (Å²) in [5, 5.41) is 41.1. The fourth-order valence-corrected chi connectivity index (χ4v) is 6.42. The largest absolute Gasteiger partial charge is 0.463 e. The standard InChI is InChI=1S/C40H72O8/c1-4-5-17-23-33(41)27-28-36-35(37(43)29-38(36)44)24-20-21-26-40(46)48-31-34(42)30-47-39(45)25-19-16-14-12-10-8-6-7-9-11-13-15-18-22-32(2)3/h20-21,27-28,32-38,41-44H,4-19,22-26,29-31H2,1-3H3/b21-20-,28-27+/t33-,34+,35+,36-,37+,38-/m1/s1. The summed E-state index contributed by atoms with van der Waals surface area (Å²) in [5.74, 6) is -0.493. The van der Waals surface area contributed by atoms with Gasteiger partial charge in [-0.05, 0) is 31.1 Å². The number of allylic oxidation sites excluding steroid dienone is 1. The van der Waals surface area contributed by atoms with Gasteiger partial charge in [0, 0.05) is 18.8 Å². The zero-order valence-electron chi connectivity index (χ0n) is 30.7. The van der Waals surface area contributed by atoms with Crippen LogP contribution >= 0.6 is 0 Å². The van der Waals surface area contributed by atoms with Gasteiger partial charge in [-0.2, -0.15) is 0 Å². The highest BCUT2D eigenvalue weighted by Gasteiger charge is 2.39. The smallest absolute Gasteiger partial charge is 0.309 e. The molecule has 0 aromatic rings. The molecule has 0 saturated heterocycles. The minimum absolute atomic E-state index is 0.00715. The van der Waals surface area contributed by atoms with Crippen LogP contribution in [0.3, 0.4) is 0 Å². The lowest BCUT2D eigenvalue weighted by Crippen LogP contribution is -2.25. The van der Waals surface area contributed by atoms with Crippen molar-refractivity contribution in [3.63, 3.8) is 0 Å². The van der Waals surface area contributed by atoms with Crippen LogP contribution < -0.4 is 0 Å². The highest BCUT2D eigenvalue weighted by atomic mass is 16.6. The van der Waals surface area contributed by atoms with Crippen molar-refractivity contribution in [3.05, 3.63) is 24.3 Å². The Morgan fingerprint density at radius 1 is 0.708 bits per heavy atom. The molecule has 8 nitrogen and oxygen atoms in total. The molecule has 0 aliphatic heterocycles. The van der Waals surface area contributed by atoms with Gasteiger partial charge in [0.05, 0.1) is 24.7 Å². The molecule has 0 unspecified atom stereocenters. The molecule has 0 aromatic carbocycles. The monoisotopic (exact) mass is 681 g/mol. The molecule has 48 heavy (non-hydrogen) atoms. The number of aliphatic hydroxyl groups excluding tert-OH is 4. The second-order valence-corrected chi connectivity index (χ2v) is 14.5. The summed E-state index contributed by atoms with van der Waals surface area (Å²) >= 11 is 0. The Hall–Kier alpha value is -1.74. The summed E-state index contributed by atoms with van der Waals surface area (Å²) in [7, 11) is 0. The Labute approximate surface area is 292 Å². The average molecular weight is 681 g/mol. The molecule has 8 heteroatoms. The first-order chi connectivity index (χ1) is 23.1. The molecule has 0 amide bonds. The number of rotatable bonds is 30.